The van der Waals surface area contributed by atoms with Crippen molar-refractivity contribution in [1.82, 2.24) is 5.32 Å². The number of ether oxygens (including phenoxy) is 1. The summed E-state index contributed by atoms with van der Waals surface area (Å²) in [5.74, 6) is -1.19. The average Bonchev–Trinajstić information content (AvgIpc) is 2.37. The fourth-order valence-electron chi connectivity index (χ4n) is 1.59. The van der Waals surface area contributed by atoms with Gasteiger partial charge in [-0.05, 0) is 12.5 Å². The van der Waals surface area contributed by atoms with Gasteiger partial charge in [0.15, 0.2) is 0 Å². The quantitative estimate of drug-likeness (QED) is 0.600. The predicted molar refractivity (Wildman–Crippen MR) is 68.2 cm³/mol. The maximum absolute atomic E-state index is 11.9. The standard InChI is InChI=1S/C12H16N2O5/c1-3-8(7-19-2)13-12(16)9-5-4-6-10(11(9)15)14(17)18/h4-6,8,15H,3,7H2,1-2H3,(H,13,16). The molecule has 0 bridgehead atoms. The van der Waals surface area contributed by atoms with Gasteiger partial charge in [0.2, 0.25) is 5.75 Å². The number of nitro groups is 1. The molecule has 0 fully saturated rings. The molecule has 0 aliphatic carbocycles. The molecule has 1 atom stereocenters. The molecule has 0 saturated heterocycles. The summed E-state index contributed by atoms with van der Waals surface area (Å²) in [5.41, 5.74) is -0.615. The van der Waals surface area contributed by atoms with Gasteiger partial charge in [-0.2, -0.15) is 0 Å². The molecule has 1 aromatic rings. The zero-order chi connectivity index (χ0) is 14.4. The van der Waals surface area contributed by atoms with Gasteiger partial charge in [0.05, 0.1) is 23.1 Å². The highest BCUT2D eigenvalue weighted by Gasteiger charge is 2.22. The molecular weight excluding hydrogens is 252 g/mol. The van der Waals surface area contributed by atoms with Crippen LogP contribution in [0.4, 0.5) is 5.69 Å². The number of nitrogens with zero attached hydrogens (tertiary/aromatic N) is 1. The zero-order valence-corrected chi connectivity index (χ0v) is 10.8. The van der Waals surface area contributed by atoms with Crippen molar-refractivity contribution in [3.8, 4) is 5.75 Å². The van der Waals surface area contributed by atoms with E-state index in [-0.39, 0.29) is 11.6 Å². The summed E-state index contributed by atoms with van der Waals surface area (Å²) in [4.78, 5) is 21.9. The number of hydrogen-bond acceptors (Lipinski definition) is 5. The lowest BCUT2D eigenvalue weighted by molar-refractivity contribution is -0.385. The van der Waals surface area contributed by atoms with E-state index < -0.39 is 22.3 Å². The first kappa shape index (κ1) is 14.9. The van der Waals surface area contributed by atoms with E-state index in [0.717, 1.165) is 6.07 Å². The lowest BCUT2D eigenvalue weighted by Gasteiger charge is -2.16. The van der Waals surface area contributed by atoms with Gasteiger partial charge in [-0.3, -0.25) is 14.9 Å². The van der Waals surface area contributed by atoms with Gasteiger partial charge in [-0.1, -0.05) is 13.0 Å². The highest BCUT2D eigenvalue weighted by atomic mass is 16.6. The number of aromatic hydroxyl groups is 1. The largest absolute Gasteiger partial charge is 0.502 e. The minimum atomic E-state index is -0.738. The number of methoxy groups -OCH3 is 1. The molecule has 0 radical (unpaired) electrons. The van der Waals surface area contributed by atoms with Crippen LogP contribution >= 0.6 is 0 Å². The number of phenolic OH excluding ortho intramolecular Hbond substituents is 1. The van der Waals surface area contributed by atoms with E-state index in [1.807, 2.05) is 6.92 Å². The first-order valence-corrected chi connectivity index (χ1v) is 5.77. The maximum Gasteiger partial charge on any atom is 0.311 e. The molecule has 2 N–H and O–H groups in total. The topological polar surface area (TPSA) is 102 Å². The molecule has 0 aliphatic rings. The summed E-state index contributed by atoms with van der Waals surface area (Å²) in [5, 5.41) is 23.0. The van der Waals surface area contributed by atoms with Crippen molar-refractivity contribution < 1.29 is 19.6 Å². The lowest BCUT2D eigenvalue weighted by Crippen LogP contribution is -2.37. The van der Waals surface area contributed by atoms with Crippen molar-refractivity contribution in [1.29, 1.82) is 0 Å². The summed E-state index contributed by atoms with van der Waals surface area (Å²) in [6.45, 7) is 2.20. The van der Waals surface area contributed by atoms with Crippen molar-refractivity contribution in [3.05, 3.63) is 33.9 Å². The van der Waals surface area contributed by atoms with Gasteiger partial charge >= 0.3 is 5.69 Å². The van der Waals surface area contributed by atoms with Crippen LogP contribution in [0.2, 0.25) is 0 Å². The molecule has 1 unspecified atom stereocenters. The van der Waals surface area contributed by atoms with Crippen molar-refractivity contribution >= 4 is 11.6 Å². The number of phenols is 1. The van der Waals surface area contributed by atoms with E-state index in [1.54, 1.807) is 0 Å². The molecule has 0 spiro atoms. The van der Waals surface area contributed by atoms with Crippen LogP contribution in [-0.4, -0.2) is 35.7 Å². The van der Waals surface area contributed by atoms with Crippen LogP contribution in [0, 0.1) is 10.1 Å². The van der Waals surface area contributed by atoms with Crippen LogP contribution in [-0.2, 0) is 4.74 Å². The molecule has 104 valence electrons. The number of rotatable bonds is 6. The van der Waals surface area contributed by atoms with E-state index in [9.17, 15) is 20.0 Å². The predicted octanol–water partition coefficient (Wildman–Crippen LogP) is 1.46. The fraction of sp³-hybridized carbons (Fsp3) is 0.417. The third kappa shape index (κ3) is 3.65. The molecule has 0 aliphatic heterocycles. The monoisotopic (exact) mass is 268 g/mol. The number of para-hydroxylation sites is 1. The van der Waals surface area contributed by atoms with Gasteiger partial charge in [-0.15, -0.1) is 0 Å². The summed E-state index contributed by atoms with van der Waals surface area (Å²) in [6, 6.07) is 3.61. The number of carbonyl (C=O) groups is 1. The smallest absolute Gasteiger partial charge is 0.311 e. The van der Waals surface area contributed by atoms with Crippen molar-refractivity contribution in [2.45, 2.75) is 19.4 Å². The highest BCUT2D eigenvalue weighted by Crippen LogP contribution is 2.29. The Kier molecular flexibility index (Phi) is 5.25. The molecular formula is C12H16N2O5. The van der Waals surface area contributed by atoms with E-state index in [2.05, 4.69) is 5.32 Å². The molecule has 1 rings (SSSR count). The van der Waals surface area contributed by atoms with Gasteiger partial charge in [-0.25, -0.2) is 0 Å². The average molecular weight is 268 g/mol. The Balaban J connectivity index is 2.94. The van der Waals surface area contributed by atoms with Gasteiger partial charge in [0, 0.05) is 13.2 Å². The third-order valence-electron chi connectivity index (χ3n) is 2.65. The van der Waals surface area contributed by atoms with E-state index >= 15 is 0 Å². The second kappa shape index (κ2) is 6.69. The second-order valence-electron chi connectivity index (χ2n) is 3.96. The molecule has 7 heteroatoms. The summed E-state index contributed by atoms with van der Waals surface area (Å²) in [7, 11) is 1.51. The molecule has 19 heavy (non-hydrogen) atoms. The van der Waals surface area contributed by atoms with E-state index in [4.69, 9.17) is 4.74 Å². The Morgan fingerprint density at radius 1 is 1.58 bits per heavy atom. The van der Waals surface area contributed by atoms with Crippen LogP contribution in [0.15, 0.2) is 18.2 Å². The summed E-state index contributed by atoms with van der Waals surface area (Å²) < 4.78 is 4.94. The SMILES string of the molecule is CCC(COC)NC(=O)c1cccc([N+](=O)[O-])c1O. The van der Waals surface area contributed by atoms with Crippen LogP contribution in [0.25, 0.3) is 0 Å². The van der Waals surface area contributed by atoms with E-state index in [1.165, 1.54) is 19.2 Å². The van der Waals surface area contributed by atoms with Crippen molar-refractivity contribution in [2.24, 2.45) is 0 Å². The molecule has 0 aromatic heterocycles. The van der Waals surface area contributed by atoms with Crippen molar-refractivity contribution in [3.63, 3.8) is 0 Å². The first-order valence-electron chi connectivity index (χ1n) is 5.77. The Labute approximate surface area is 110 Å². The fourth-order valence-corrected chi connectivity index (χ4v) is 1.59. The van der Waals surface area contributed by atoms with Crippen molar-refractivity contribution in [2.75, 3.05) is 13.7 Å². The van der Waals surface area contributed by atoms with Gasteiger partial charge in [0.25, 0.3) is 5.91 Å². The molecule has 0 heterocycles. The number of nitro benzene ring substituents is 1. The number of amides is 1. The minimum Gasteiger partial charge on any atom is -0.502 e. The number of hydrogen-bond donors (Lipinski definition) is 2. The molecule has 7 nitrogen and oxygen atoms in total. The third-order valence-corrected chi connectivity index (χ3v) is 2.65. The highest BCUT2D eigenvalue weighted by molar-refractivity contribution is 5.98. The lowest BCUT2D eigenvalue weighted by atomic mass is 10.1. The van der Waals surface area contributed by atoms with Crippen LogP contribution in [0.1, 0.15) is 23.7 Å². The number of benzene rings is 1. The van der Waals surface area contributed by atoms with Crippen LogP contribution < -0.4 is 5.32 Å². The second-order valence-corrected chi connectivity index (χ2v) is 3.96. The van der Waals surface area contributed by atoms with Crippen LogP contribution in [0.5, 0.6) is 5.75 Å². The number of carbonyl (C=O) groups excluding carboxylic acids is 1. The Hall–Kier alpha value is -2.15. The van der Waals surface area contributed by atoms with E-state index in [0.29, 0.717) is 13.0 Å². The molecule has 1 amide bonds. The Morgan fingerprint density at radius 3 is 2.79 bits per heavy atom. The summed E-state index contributed by atoms with van der Waals surface area (Å²) >= 11 is 0. The Morgan fingerprint density at radius 2 is 2.26 bits per heavy atom. The zero-order valence-electron chi connectivity index (χ0n) is 10.8. The maximum atomic E-state index is 11.9. The molecule has 0 saturated carbocycles. The van der Waals surface area contributed by atoms with Crippen LogP contribution in [0.3, 0.4) is 0 Å². The normalized spacial score (nSPS) is 11.9. The number of nitrogens with one attached hydrogen (secondary N) is 1. The van der Waals surface area contributed by atoms with Gasteiger partial charge < -0.3 is 15.2 Å². The Bertz CT molecular complexity index is 475. The molecule has 1 aromatic carbocycles. The summed E-state index contributed by atoms with van der Waals surface area (Å²) in [6.07, 6.45) is 0.648. The van der Waals surface area contributed by atoms with Gasteiger partial charge in [0.1, 0.15) is 0 Å². The first-order chi connectivity index (χ1) is 9.01. The minimum absolute atomic E-state index is 0.122.